The Morgan fingerprint density at radius 3 is 2.74 bits per heavy atom. The van der Waals surface area contributed by atoms with Gasteiger partial charge in [0.25, 0.3) is 0 Å². The van der Waals surface area contributed by atoms with Gasteiger partial charge in [-0.2, -0.15) is 5.26 Å². The second-order valence-electron chi connectivity index (χ2n) is 4.41. The Morgan fingerprint density at radius 2 is 2.13 bits per heavy atom. The number of rotatable bonds is 7. The summed E-state index contributed by atoms with van der Waals surface area (Å²) in [5, 5.41) is 9.10. The molecule has 0 heterocycles. The Bertz CT molecular complexity index is 637. The van der Waals surface area contributed by atoms with Crippen LogP contribution in [0.3, 0.4) is 0 Å². The van der Waals surface area contributed by atoms with Gasteiger partial charge in [-0.25, -0.2) is 4.79 Å². The number of benzene rings is 1. The molecule has 0 bridgehead atoms. The van der Waals surface area contributed by atoms with Crippen molar-refractivity contribution in [2.24, 2.45) is 10.9 Å². The number of nitriles is 1. The fourth-order valence-electron chi connectivity index (χ4n) is 1.58. The summed E-state index contributed by atoms with van der Waals surface area (Å²) in [6.45, 7) is 4.00. The largest absolute Gasteiger partial charge is 0.464 e. The van der Waals surface area contributed by atoms with E-state index in [1.807, 2.05) is 6.92 Å². The van der Waals surface area contributed by atoms with E-state index in [-0.39, 0.29) is 29.5 Å². The summed E-state index contributed by atoms with van der Waals surface area (Å²) in [6.07, 6.45) is 1.81. The topological polar surface area (TPSA) is 88.8 Å². The van der Waals surface area contributed by atoms with Crippen molar-refractivity contribution >= 4 is 35.4 Å². The lowest BCUT2D eigenvalue weighted by Gasteiger charge is -2.07. The van der Waals surface area contributed by atoms with Crippen LogP contribution in [-0.2, 0) is 14.3 Å². The summed E-state index contributed by atoms with van der Waals surface area (Å²) in [7, 11) is 0. The molecule has 0 aromatic heterocycles. The van der Waals surface area contributed by atoms with E-state index in [1.54, 1.807) is 25.1 Å². The molecule has 0 N–H and O–H groups in total. The molecule has 0 aliphatic rings. The standard InChI is InChI=1S/C16H17ClN2O4/c1-3-8-23-15(20)11(9-18)10-19-13-7-5-6-12(14(13)17)16(21)22-4-2/h5-7,10-11H,3-4,8H2,1-2H3. The van der Waals surface area contributed by atoms with E-state index in [0.717, 1.165) is 6.21 Å². The van der Waals surface area contributed by atoms with E-state index >= 15 is 0 Å². The molecule has 1 aromatic carbocycles. The van der Waals surface area contributed by atoms with Crippen molar-refractivity contribution in [2.75, 3.05) is 13.2 Å². The van der Waals surface area contributed by atoms with Crippen LogP contribution in [-0.4, -0.2) is 31.4 Å². The van der Waals surface area contributed by atoms with Crippen LogP contribution in [0.2, 0.25) is 5.02 Å². The van der Waals surface area contributed by atoms with Crippen LogP contribution in [0.1, 0.15) is 30.6 Å². The predicted molar refractivity (Wildman–Crippen MR) is 85.9 cm³/mol. The molecular formula is C16H17ClN2O4. The van der Waals surface area contributed by atoms with Crippen LogP contribution in [0, 0.1) is 17.2 Å². The van der Waals surface area contributed by atoms with Gasteiger partial charge in [0, 0.05) is 6.21 Å². The van der Waals surface area contributed by atoms with Gasteiger partial charge in [0.15, 0.2) is 5.92 Å². The Balaban J connectivity index is 2.95. The first-order valence-electron chi connectivity index (χ1n) is 7.11. The fraction of sp³-hybridized carbons (Fsp3) is 0.375. The Labute approximate surface area is 139 Å². The molecule has 0 amide bonds. The molecule has 0 spiro atoms. The molecule has 1 unspecified atom stereocenters. The van der Waals surface area contributed by atoms with Gasteiger partial charge in [-0.3, -0.25) is 9.79 Å². The summed E-state index contributed by atoms with van der Waals surface area (Å²) in [4.78, 5) is 27.4. The van der Waals surface area contributed by atoms with Gasteiger partial charge >= 0.3 is 11.9 Å². The lowest BCUT2D eigenvalue weighted by atomic mass is 10.2. The molecule has 0 fully saturated rings. The minimum atomic E-state index is -1.14. The molecule has 122 valence electrons. The second kappa shape index (κ2) is 9.59. The summed E-state index contributed by atoms with van der Waals surface area (Å²) in [5.74, 6) is -2.37. The number of ether oxygens (including phenoxy) is 2. The highest BCUT2D eigenvalue weighted by Crippen LogP contribution is 2.29. The van der Waals surface area contributed by atoms with E-state index in [4.69, 9.17) is 26.3 Å². The molecule has 1 aromatic rings. The van der Waals surface area contributed by atoms with Crippen molar-refractivity contribution in [3.8, 4) is 6.07 Å². The highest BCUT2D eigenvalue weighted by Gasteiger charge is 2.18. The number of esters is 2. The van der Waals surface area contributed by atoms with Crippen LogP contribution < -0.4 is 0 Å². The third-order valence-corrected chi connectivity index (χ3v) is 3.08. The second-order valence-corrected chi connectivity index (χ2v) is 4.79. The lowest BCUT2D eigenvalue weighted by molar-refractivity contribution is -0.144. The Hall–Kier alpha value is -2.39. The molecule has 6 nitrogen and oxygen atoms in total. The van der Waals surface area contributed by atoms with Crippen LogP contribution in [0.25, 0.3) is 0 Å². The van der Waals surface area contributed by atoms with Crippen molar-refractivity contribution in [1.29, 1.82) is 5.26 Å². The average molecular weight is 337 g/mol. The zero-order valence-electron chi connectivity index (χ0n) is 12.9. The van der Waals surface area contributed by atoms with Crippen molar-refractivity contribution in [1.82, 2.24) is 0 Å². The summed E-state index contributed by atoms with van der Waals surface area (Å²) >= 11 is 6.12. The molecule has 1 rings (SSSR count). The van der Waals surface area contributed by atoms with Crippen LogP contribution in [0.4, 0.5) is 5.69 Å². The van der Waals surface area contributed by atoms with Gasteiger partial charge < -0.3 is 9.47 Å². The number of hydrogen-bond donors (Lipinski definition) is 0. The number of nitrogens with zero attached hydrogens (tertiary/aromatic N) is 2. The highest BCUT2D eigenvalue weighted by molar-refractivity contribution is 6.36. The van der Waals surface area contributed by atoms with Crippen LogP contribution in [0.15, 0.2) is 23.2 Å². The Morgan fingerprint density at radius 1 is 1.39 bits per heavy atom. The van der Waals surface area contributed by atoms with Gasteiger partial charge in [0.1, 0.15) is 0 Å². The first-order chi connectivity index (χ1) is 11.0. The molecule has 0 aliphatic heterocycles. The molecular weight excluding hydrogens is 320 g/mol. The summed E-state index contributed by atoms with van der Waals surface area (Å²) in [5.41, 5.74) is 0.436. The normalized spacial score (nSPS) is 11.7. The molecule has 23 heavy (non-hydrogen) atoms. The quantitative estimate of drug-likeness (QED) is 0.563. The third kappa shape index (κ3) is 5.38. The molecule has 0 aliphatic carbocycles. The smallest absolute Gasteiger partial charge is 0.339 e. The number of halogens is 1. The highest BCUT2D eigenvalue weighted by atomic mass is 35.5. The van der Waals surface area contributed by atoms with E-state index in [9.17, 15) is 9.59 Å². The number of aliphatic imine (C=N–C) groups is 1. The van der Waals surface area contributed by atoms with Crippen molar-refractivity contribution in [3.63, 3.8) is 0 Å². The van der Waals surface area contributed by atoms with Crippen LogP contribution >= 0.6 is 11.6 Å². The van der Waals surface area contributed by atoms with E-state index < -0.39 is 17.9 Å². The molecule has 0 saturated carbocycles. The van der Waals surface area contributed by atoms with Crippen molar-refractivity contribution < 1.29 is 19.1 Å². The van der Waals surface area contributed by atoms with Gasteiger partial charge in [-0.15, -0.1) is 0 Å². The average Bonchev–Trinajstić information content (AvgIpc) is 2.54. The van der Waals surface area contributed by atoms with Gasteiger partial charge in [-0.05, 0) is 25.5 Å². The predicted octanol–water partition coefficient (Wildman–Crippen LogP) is 3.31. The SMILES string of the molecule is CCCOC(=O)C(C#N)C=Nc1cccc(C(=O)OCC)c1Cl. The number of carbonyl (C=O) groups is 2. The Kier molecular flexibility index (Phi) is 7.78. The summed E-state index contributed by atoms with van der Waals surface area (Å²) < 4.78 is 9.79. The maximum absolute atomic E-state index is 11.8. The maximum atomic E-state index is 11.8. The van der Waals surface area contributed by atoms with E-state index in [2.05, 4.69) is 4.99 Å². The van der Waals surface area contributed by atoms with Crippen molar-refractivity contribution in [3.05, 3.63) is 28.8 Å². The zero-order valence-corrected chi connectivity index (χ0v) is 13.7. The van der Waals surface area contributed by atoms with Gasteiger partial charge in [0.2, 0.25) is 0 Å². The minimum absolute atomic E-state index is 0.0980. The first-order valence-corrected chi connectivity index (χ1v) is 7.49. The molecule has 7 heteroatoms. The zero-order chi connectivity index (χ0) is 17.2. The molecule has 0 saturated heterocycles. The number of hydrogen-bond acceptors (Lipinski definition) is 6. The minimum Gasteiger partial charge on any atom is -0.464 e. The number of carbonyl (C=O) groups excluding carboxylic acids is 2. The van der Waals surface area contributed by atoms with E-state index in [1.165, 1.54) is 6.07 Å². The maximum Gasteiger partial charge on any atom is 0.339 e. The van der Waals surface area contributed by atoms with Crippen molar-refractivity contribution in [2.45, 2.75) is 20.3 Å². The van der Waals surface area contributed by atoms with Crippen LogP contribution in [0.5, 0.6) is 0 Å². The van der Waals surface area contributed by atoms with Gasteiger partial charge in [0.05, 0.1) is 35.6 Å². The van der Waals surface area contributed by atoms with Gasteiger partial charge in [-0.1, -0.05) is 24.6 Å². The third-order valence-electron chi connectivity index (χ3n) is 2.68. The van der Waals surface area contributed by atoms with E-state index in [0.29, 0.717) is 6.42 Å². The summed E-state index contributed by atoms with van der Waals surface area (Å²) in [6, 6.07) is 6.46. The molecule has 0 radical (unpaired) electrons. The first kappa shape index (κ1) is 18.7. The fourth-order valence-corrected chi connectivity index (χ4v) is 1.83. The molecule has 1 atom stereocenters. The lowest BCUT2D eigenvalue weighted by Crippen LogP contribution is -2.17. The monoisotopic (exact) mass is 336 g/mol.